The summed E-state index contributed by atoms with van der Waals surface area (Å²) in [6, 6.07) is 23.2. The van der Waals surface area contributed by atoms with Gasteiger partial charge in [-0.15, -0.1) is 0 Å². The zero-order chi connectivity index (χ0) is 21.9. The van der Waals surface area contributed by atoms with Gasteiger partial charge in [0, 0.05) is 17.7 Å². The molecule has 2 heterocycles. The zero-order valence-corrected chi connectivity index (χ0v) is 17.9. The van der Waals surface area contributed by atoms with Crippen LogP contribution in [0, 0.1) is 0 Å². The molecule has 1 aromatic heterocycles. The van der Waals surface area contributed by atoms with Crippen molar-refractivity contribution in [1.82, 2.24) is 9.55 Å². The highest BCUT2D eigenvalue weighted by molar-refractivity contribution is 5.97. The Labute approximate surface area is 186 Å². The van der Waals surface area contributed by atoms with Gasteiger partial charge in [0.2, 0.25) is 0 Å². The largest absolute Gasteiger partial charge is 0.465 e. The Hall–Kier alpha value is -3.64. The second kappa shape index (κ2) is 8.85. The Kier molecular flexibility index (Phi) is 5.60. The van der Waals surface area contributed by atoms with E-state index in [1.807, 2.05) is 66.7 Å². The van der Waals surface area contributed by atoms with Crippen LogP contribution in [0.25, 0.3) is 28.1 Å². The average Bonchev–Trinajstić information content (AvgIpc) is 3.24. The summed E-state index contributed by atoms with van der Waals surface area (Å²) in [6.45, 7) is 0.743. The molecule has 5 rings (SSSR count). The number of ether oxygens (including phenoxy) is 3. The van der Waals surface area contributed by atoms with E-state index in [1.165, 1.54) is 7.11 Å². The van der Waals surface area contributed by atoms with Crippen molar-refractivity contribution in [2.75, 3.05) is 13.7 Å². The number of esters is 1. The second-order valence-electron chi connectivity index (χ2n) is 7.70. The number of para-hydroxylation sites is 2. The molecule has 0 amide bonds. The molecule has 4 aromatic rings. The van der Waals surface area contributed by atoms with Gasteiger partial charge >= 0.3 is 5.97 Å². The molecular weight excluding hydrogens is 404 g/mol. The highest BCUT2D eigenvalue weighted by Crippen LogP contribution is 2.32. The third-order valence-corrected chi connectivity index (χ3v) is 5.63. The number of rotatable bonds is 5. The third kappa shape index (κ3) is 3.85. The maximum absolute atomic E-state index is 12.4. The van der Waals surface area contributed by atoms with E-state index >= 15 is 0 Å². The summed E-state index contributed by atoms with van der Waals surface area (Å²) in [6.07, 6.45) is 2.92. The minimum Gasteiger partial charge on any atom is -0.465 e. The third-order valence-electron chi connectivity index (χ3n) is 5.63. The van der Waals surface area contributed by atoms with Crippen molar-refractivity contribution in [3.8, 4) is 22.8 Å². The maximum atomic E-state index is 12.4. The lowest BCUT2D eigenvalue weighted by Crippen LogP contribution is -2.24. The highest BCUT2D eigenvalue weighted by Gasteiger charge is 2.20. The summed E-state index contributed by atoms with van der Waals surface area (Å²) in [5.41, 5.74) is 3.90. The minimum atomic E-state index is -0.393. The molecule has 32 heavy (non-hydrogen) atoms. The summed E-state index contributed by atoms with van der Waals surface area (Å²) < 4.78 is 18.7. The fraction of sp³-hybridized carbons (Fsp3) is 0.231. The quantitative estimate of drug-likeness (QED) is 0.399. The van der Waals surface area contributed by atoms with Gasteiger partial charge in [-0.3, -0.25) is 4.57 Å². The van der Waals surface area contributed by atoms with E-state index in [0.29, 0.717) is 17.0 Å². The monoisotopic (exact) mass is 428 g/mol. The SMILES string of the molecule is COC(=O)c1ccccc1-c1nc2ccccc2n1-c1ccc(OC2CCCCO2)cc1. The van der Waals surface area contributed by atoms with Crippen LogP contribution < -0.4 is 4.74 Å². The van der Waals surface area contributed by atoms with Gasteiger partial charge in [0.25, 0.3) is 0 Å². The molecule has 6 nitrogen and oxygen atoms in total. The van der Waals surface area contributed by atoms with Crippen molar-refractivity contribution in [1.29, 1.82) is 0 Å². The normalized spacial score (nSPS) is 16.1. The van der Waals surface area contributed by atoms with Crippen molar-refractivity contribution in [3.05, 3.63) is 78.4 Å². The van der Waals surface area contributed by atoms with E-state index in [0.717, 1.165) is 48.3 Å². The number of imidazole rings is 1. The molecule has 0 spiro atoms. The van der Waals surface area contributed by atoms with E-state index in [4.69, 9.17) is 19.2 Å². The van der Waals surface area contributed by atoms with Gasteiger partial charge in [0.1, 0.15) is 11.6 Å². The molecule has 1 atom stereocenters. The average molecular weight is 428 g/mol. The molecule has 0 bridgehead atoms. The Morgan fingerprint density at radius 3 is 2.56 bits per heavy atom. The van der Waals surface area contributed by atoms with E-state index < -0.39 is 5.97 Å². The molecule has 6 heteroatoms. The molecular formula is C26H24N2O4. The zero-order valence-electron chi connectivity index (χ0n) is 17.9. The Morgan fingerprint density at radius 2 is 1.78 bits per heavy atom. The van der Waals surface area contributed by atoms with Crippen molar-refractivity contribution in [3.63, 3.8) is 0 Å². The van der Waals surface area contributed by atoms with Gasteiger partial charge in [0.15, 0.2) is 6.29 Å². The van der Waals surface area contributed by atoms with Gasteiger partial charge in [-0.1, -0.05) is 30.3 Å². The number of carbonyl (C=O) groups excluding carboxylic acids is 1. The van der Waals surface area contributed by atoms with Crippen molar-refractivity contribution in [2.45, 2.75) is 25.6 Å². The number of carbonyl (C=O) groups is 1. The van der Waals surface area contributed by atoms with E-state index in [9.17, 15) is 4.79 Å². The van der Waals surface area contributed by atoms with Crippen LogP contribution in [-0.2, 0) is 9.47 Å². The van der Waals surface area contributed by atoms with E-state index in [1.54, 1.807) is 6.07 Å². The molecule has 1 aliphatic heterocycles. The standard InChI is InChI=1S/C26H24N2O4/c1-30-26(29)21-9-3-2-8-20(21)25-27-22-10-4-5-11-23(22)28(25)18-13-15-19(16-14-18)32-24-12-6-7-17-31-24/h2-5,8-11,13-16,24H,6-7,12,17H2,1H3. The molecule has 1 fully saturated rings. The van der Waals surface area contributed by atoms with Crippen molar-refractivity contribution < 1.29 is 19.0 Å². The van der Waals surface area contributed by atoms with Crippen molar-refractivity contribution in [2.24, 2.45) is 0 Å². The van der Waals surface area contributed by atoms with Crippen LogP contribution in [-0.4, -0.2) is 35.5 Å². The first-order valence-electron chi connectivity index (χ1n) is 10.8. The predicted octanol–water partition coefficient (Wildman–Crippen LogP) is 5.38. The first-order valence-corrected chi connectivity index (χ1v) is 10.8. The summed E-state index contributed by atoms with van der Waals surface area (Å²) in [5.74, 6) is 1.05. The molecule has 0 N–H and O–H groups in total. The van der Waals surface area contributed by atoms with Gasteiger partial charge in [0.05, 0.1) is 30.3 Å². The first-order chi connectivity index (χ1) is 15.7. The van der Waals surface area contributed by atoms with Gasteiger partial charge in [-0.2, -0.15) is 0 Å². The molecule has 3 aromatic carbocycles. The number of hydrogen-bond acceptors (Lipinski definition) is 5. The Morgan fingerprint density at radius 1 is 1.00 bits per heavy atom. The van der Waals surface area contributed by atoms with Crippen LogP contribution in [0.2, 0.25) is 0 Å². The molecule has 0 radical (unpaired) electrons. The summed E-state index contributed by atoms with van der Waals surface area (Å²) >= 11 is 0. The minimum absolute atomic E-state index is 0.189. The molecule has 162 valence electrons. The lowest BCUT2D eigenvalue weighted by Gasteiger charge is -2.23. The molecule has 0 saturated carbocycles. The number of fused-ring (bicyclic) bond motifs is 1. The predicted molar refractivity (Wildman–Crippen MR) is 122 cm³/mol. The van der Waals surface area contributed by atoms with E-state index in [2.05, 4.69) is 4.57 Å². The first kappa shape index (κ1) is 20.3. The molecule has 1 aliphatic rings. The number of aromatic nitrogens is 2. The van der Waals surface area contributed by atoms with Crippen LogP contribution in [0.1, 0.15) is 29.6 Å². The van der Waals surface area contributed by atoms with E-state index in [-0.39, 0.29) is 6.29 Å². The summed E-state index contributed by atoms with van der Waals surface area (Å²) in [4.78, 5) is 17.3. The van der Waals surface area contributed by atoms with Gasteiger partial charge < -0.3 is 14.2 Å². The van der Waals surface area contributed by atoms with Crippen LogP contribution in [0.3, 0.4) is 0 Å². The van der Waals surface area contributed by atoms with Crippen LogP contribution in [0.4, 0.5) is 0 Å². The Bertz CT molecular complexity index is 1240. The number of hydrogen-bond donors (Lipinski definition) is 0. The van der Waals surface area contributed by atoms with Crippen molar-refractivity contribution >= 4 is 17.0 Å². The number of benzene rings is 3. The molecule has 0 aliphatic carbocycles. The van der Waals surface area contributed by atoms with Gasteiger partial charge in [-0.25, -0.2) is 9.78 Å². The fourth-order valence-corrected chi connectivity index (χ4v) is 4.06. The number of methoxy groups -OCH3 is 1. The van der Waals surface area contributed by atoms with Crippen LogP contribution in [0.15, 0.2) is 72.8 Å². The fourth-order valence-electron chi connectivity index (χ4n) is 4.06. The molecule has 1 unspecified atom stereocenters. The Balaban J connectivity index is 1.58. The van der Waals surface area contributed by atoms with Crippen LogP contribution >= 0.6 is 0 Å². The van der Waals surface area contributed by atoms with Crippen LogP contribution in [0.5, 0.6) is 5.75 Å². The smallest absolute Gasteiger partial charge is 0.338 e. The lowest BCUT2D eigenvalue weighted by atomic mass is 10.1. The number of nitrogens with zero attached hydrogens (tertiary/aromatic N) is 2. The lowest BCUT2D eigenvalue weighted by molar-refractivity contribution is -0.105. The molecule has 1 saturated heterocycles. The second-order valence-corrected chi connectivity index (χ2v) is 7.70. The van der Waals surface area contributed by atoms with Gasteiger partial charge in [-0.05, 0) is 55.3 Å². The highest BCUT2D eigenvalue weighted by atomic mass is 16.7. The topological polar surface area (TPSA) is 62.6 Å². The summed E-state index contributed by atoms with van der Waals surface area (Å²) in [5, 5.41) is 0. The maximum Gasteiger partial charge on any atom is 0.338 e. The summed E-state index contributed by atoms with van der Waals surface area (Å²) in [7, 11) is 1.39.